The predicted octanol–water partition coefficient (Wildman–Crippen LogP) is 6.55. The first-order valence-corrected chi connectivity index (χ1v) is 13.4. The fourth-order valence-corrected chi connectivity index (χ4v) is 5.11. The summed E-state index contributed by atoms with van der Waals surface area (Å²) in [6.45, 7) is 3.63. The van der Waals surface area contributed by atoms with Gasteiger partial charge in [0.05, 0.1) is 35.1 Å². The molecule has 0 saturated carbocycles. The van der Waals surface area contributed by atoms with Crippen molar-refractivity contribution < 1.29 is 18.7 Å². The lowest BCUT2D eigenvalue weighted by molar-refractivity contribution is -0.118. The topological polar surface area (TPSA) is 96.7 Å². The molecule has 10 heteroatoms. The molecule has 2 aromatic heterocycles. The predicted molar refractivity (Wildman–Crippen MR) is 158 cm³/mol. The quantitative estimate of drug-likeness (QED) is 0.189. The van der Waals surface area contributed by atoms with Crippen LogP contribution in [0.15, 0.2) is 83.4 Å². The molecule has 1 amide bonds. The molecular weight excluding hydrogens is 548 g/mol. The van der Waals surface area contributed by atoms with Crippen LogP contribution in [0.5, 0.6) is 0 Å². The van der Waals surface area contributed by atoms with Crippen molar-refractivity contribution in [1.82, 2.24) is 10.3 Å². The highest BCUT2D eigenvalue weighted by Gasteiger charge is 2.42. The summed E-state index contributed by atoms with van der Waals surface area (Å²) in [6.07, 6.45) is 1.73. The number of thiocarbonyl (C=S) groups is 1. The number of halogens is 1. The maximum Gasteiger partial charge on any atom is 0.337 e. The van der Waals surface area contributed by atoms with E-state index in [1.807, 2.05) is 61.2 Å². The molecule has 40 heavy (non-hydrogen) atoms. The second-order valence-electron chi connectivity index (χ2n) is 9.58. The zero-order chi connectivity index (χ0) is 28.4. The number of nitrogens with one attached hydrogen (secondary N) is 2. The average molecular weight is 575 g/mol. The van der Waals surface area contributed by atoms with Crippen molar-refractivity contribution in [3.05, 3.63) is 101 Å². The van der Waals surface area contributed by atoms with Crippen molar-refractivity contribution in [3.8, 4) is 11.3 Å². The minimum atomic E-state index is -0.426. The number of hydrogen-bond donors (Lipinski definition) is 2. The van der Waals surface area contributed by atoms with E-state index in [-0.39, 0.29) is 17.9 Å². The van der Waals surface area contributed by atoms with Gasteiger partial charge >= 0.3 is 5.97 Å². The molecule has 4 aromatic rings. The Morgan fingerprint density at radius 3 is 2.62 bits per heavy atom. The molecule has 2 N–H and O–H groups in total. The summed E-state index contributed by atoms with van der Waals surface area (Å²) in [7, 11) is 1.35. The third kappa shape index (κ3) is 5.43. The number of nitrogens with zero attached hydrogens (tertiary/aromatic N) is 2. The van der Waals surface area contributed by atoms with Crippen molar-refractivity contribution in [2.45, 2.75) is 25.9 Å². The van der Waals surface area contributed by atoms with Crippen molar-refractivity contribution in [3.63, 3.8) is 0 Å². The molecule has 2 aromatic carbocycles. The smallest absolute Gasteiger partial charge is 0.337 e. The van der Waals surface area contributed by atoms with Gasteiger partial charge in [-0.15, -0.1) is 0 Å². The van der Waals surface area contributed by atoms with Crippen molar-refractivity contribution in [2.24, 2.45) is 5.92 Å². The monoisotopic (exact) mass is 574 g/mol. The number of anilines is 2. The summed E-state index contributed by atoms with van der Waals surface area (Å²) >= 11 is 12.4. The number of carbonyl (C=O) groups is 2. The van der Waals surface area contributed by atoms with Crippen LogP contribution in [0.4, 0.5) is 11.4 Å². The summed E-state index contributed by atoms with van der Waals surface area (Å²) in [5.74, 6) is 0.486. The van der Waals surface area contributed by atoms with Crippen LogP contribution in [-0.4, -0.2) is 29.1 Å². The zero-order valence-electron chi connectivity index (χ0n) is 22.1. The molecule has 0 bridgehead atoms. The molecule has 204 valence electrons. The summed E-state index contributed by atoms with van der Waals surface area (Å²) in [5, 5.41) is 7.10. The van der Waals surface area contributed by atoms with Gasteiger partial charge in [-0.25, -0.2) is 4.79 Å². The first-order chi connectivity index (χ1) is 19.3. The molecule has 1 aliphatic rings. The first-order valence-electron chi connectivity index (χ1n) is 12.7. The summed E-state index contributed by atoms with van der Waals surface area (Å²) in [5.41, 5.74) is 3.19. The number of benzene rings is 2. The number of hydrogen-bond acceptors (Lipinski definition) is 6. The van der Waals surface area contributed by atoms with Crippen LogP contribution in [0.3, 0.4) is 0 Å². The molecule has 2 atom stereocenters. The van der Waals surface area contributed by atoms with E-state index in [0.29, 0.717) is 32.9 Å². The number of pyridine rings is 1. The first kappa shape index (κ1) is 27.4. The van der Waals surface area contributed by atoms with Crippen molar-refractivity contribution >= 4 is 52.2 Å². The molecular formula is C30H27ClN4O4S. The number of aromatic nitrogens is 1. The Kier molecular flexibility index (Phi) is 7.86. The van der Waals surface area contributed by atoms with Gasteiger partial charge in [-0.05, 0) is 66.8 Å². The van der Waals surface area contributed by atoms with Crippen LogP contribution < -0.4 is 15.5 Å². The number of methoxy groups -OCH3 is 1. The second-order valence-corrected chi connectivity index (χ2v) is 10.4. The van der Waals surface area contributed by atoms with Gasteiger partial charge in [-0.2, -0.15) is 0 Å². The molecule has 0 unspecified atom stereocenters. The fourth-order valence-electron chi connectivity index (χ4n) is 4.54. The molecule has 1 fully saturated rings. The molecule has 8 nitrogen and oxygen atoms in total. The fraction of sp³-hybridized carbons (Fsp3) is 0.200. The van der Waals surface area contributed by atoms with Gasteiger partial charge in [0.1, 0.15) is 17.6 Å². The van der Waals surface area contributed by atoms with E-state index in [2.05, 4.69) is 15.6 Å². The number of rotatable bonds is 7. The Hall–Kier alpha value is -4.21. The maximum atomic E-state index is 12.2. The lowest BCUT2D eigenvalue weighted by Crippen LogP contribution is -2.29. The zero-order valence-corrected chi connectivity index (χ0v) is 23.6. The van der Waals surface area contributed by atoms with Crippen molar-refractivity contribution in [2.75, 3.05) is 17.3 Å². The summed E-state index contributed by atoms with van der Waals surface area (Å²) < 4.78 is 11.3. The Morgan fingerprint density at radius 1 is 1.10 bits per heavy atom. The SMILES string of the molecule is COC(=O)c1cccc(-c2ccc([C@H]3[C@@H](c4ccccn4)NC(=S)N3c3ccc(NC(=O)C(C)C)c(Cl)c3)o2)c1. The highest BCUT2D eigenvalue weighted by Crippen LogP contribution is 2.44. The van der Waals surface area contributed by atoms with Crippen molar-refractivity contribution in [1.29, 1.82) is 0 Å². The number of ether oxygens (including phenoxy) is 1. The van der Waals surface area contributed by atoms with Crippen LogP contribution in [0, 0.1) is 5.92 Å². The maximum absolute atomic E-state index is 12.2. The minimum Gasteiger partial charge on any atom is -0.465 e. The number of amides is 1. The number of esters is 1. The lowest BCUT2D eigenvalue weighted by Gasteiger charge is -2.26. The van der Waals surface area contributed by atoms with Crippen LogP contribution in [0.2, 0.25) is 5.02 Å². The summed E-state index contributed by atoms with van der Waals surface area (Å²) in [4.78, 5) is 30.8. The van der Waals surface area contributed by atoms with E-state index in [0.717, 1.165) is 16.9 Å². The van der Waals surface area contributed by atoms with E-state index in [9.17, 15) is 9.59 Å². The van der Waals surface area contributed by atoms with E-state index < -0.39 is 12.0 Å². The van der Waals surface area contributed by atoms with Crippen LogP contribution >= 0.6 is 23.8 Å². The highest BCUT2D eigenvalue weighted by molar-refractivity contribution is 7.80. The third-order valence-electron chi connectivity index (χ3n) is 6.60. The number of furan rings is 1. The second kappa shape index (κ2) is 11.5. The lowest BCUT2D eigenvalue weighted by atomic mass is 10.0. The molecule has 5 rings (SSSR count). The van der Waals surface area contributed by atoms with Gasteiger partial charge in [-0.1, -0.05) is 43.6 Å². The largest absolute Gasteiger partial charge is 0.465 e. The van der Waals surface area contributed by atoms with Crippen LogP contribution in [0.25, 0.3) is 11.3 Å². The van der Waals surface area contributed by atoms with Crippen LogP contribution in [-0.2, 0) is 9.53 Å². The average Bonchev–Trinajstić information content (AvgIpc) is 3.59. The normalized spacial score (nSPS) is 16.6. The molecule has 0 radical (unpaired) electrons. The Morgan fingerprint density at radius 2 is 1.93 bits per heavy atom. The van der Waals surface area contributed by atoms with Gasteiger partial charge in [0, 0.05) is 23.4 Å². The molecule has 0 spiro atoms. The van der Waals surface area contributed by atoms with E-state index in [1.165, 1.54) is 7.11 Å². The standard InChI is InChI=1S/C30H27ClN4O4S/c1-17(2)28(36)33-22-11-10-20(16-21(22)31)35-27(26(34-30(35)40)23-9-4-5-14-32-23)25-13-12-24(39-25)18-7-6-8-19(15-18)29(37)38-3/h4-17,26-27H,1-3H3,(H,33,36)(H,34,40)/t26-,27+/m1/s1. The van der Waals surface area contributed by atoms with Gasteiger partial charge in [0.15, 0.2) is 5.11 Å². The Balaban J connectivity index is 1.54. The van der Waals surface area contributed by atoms with Gasteiger partial charge < -0.3 is 24.7 Å². The van der Waals surface area contributed by atoms with Gasteiger partial charge in [0.25, 0.3) is 0 Å². The molecule has 3 heterocycles. The van der Waals surface area contributed by atoms with Crippen LogP contribution in [0.1, 0.15) is 47.7 Å². The Labute approximate surface area is 242 Å². The van der Waals surface area contributed by atoms with Gasteiger partial charge in [0.2, 0.25) is 5.91 Å². The van der Waals surface area contributed by atoms with E-state index in [1.54, 1.807) is 36.5 Å². The Bertz CT molecular complexity index is 1570. The third-order valence-corrected chi connectivity index (χ3v) is 7.22. The molecule has 1 saturated heterocycles. The van der Waals surface area contributed by atoms with E-state index >= 15 is 0 Å². The minimum absolute atomic E-state index is 0.125. The van der Waals surface area contributed by atoms with E-state index in [4.69, 9.17) is 33.0 Å². The summed E-state index contributed by atoms with van der Waals surface area (Å²) in [6, 6.07) is 21.2. The highest BCUT2D eigenvalue weighted by atomic mass is 35.5. The van der Waals surface area contributed by atoms with Gasteiger partial charge in [-0.3, -0.25) is 9.78 Å². The number of carbonyl (C=O) groups excluding carboxylic acids is 2. The molecule has 0 aliphatic carbocycles. The molecule has 1 aliphatic heterocycles.